The molecule has 0 heterocycles. The zero-order chi connectivity index (χ0) is 17.9. The average Bonchev–Trinajstić information content (AvgIpc) is 2.57. The number of carbonyl (C=O) groups is 1. The van der Waals surface area contributed by atoms with E-state index in [1.807, 2.05) is 13.8 Å². The van der Waals surface area contributed by atoms with Crippen LogP contribution in [0.15, 0.2) is 0 Å². The van der Waals surface area contributed by atoms with Gasteiger partial charge < -0.3 is 29.0 Å². The lowest BCUT2D eigenvalue weighted by molar-refractivity contribution is -0.127. The summed E-state index contributed by atoms with van der Waals surface area (Å²) in [5, 5.41) is 3.18. The Hall–Kier alpha value is -0.570. The van der Waals surface area contributed by atoms with Gasteiger partial charge in [-0.2, -0.15) is 0 Å². The molecule has 0 saturated carbocycles. The number of ketones is 1. The Morgan fingerprint density at radius 3 is 1.58 bits per heavy atom. The van der Waals surface area contributed by atoms with Gasteiger partial charge in [-0.15, -0.1) is 0 Å². The lowest BCUT2D eigenvalue weighted by Crippen LogP contribution is -2.20. The molecule has 0 aromatic rings. The Labute approximate surface area is 146 Å². The number of nitrogens with one attached hydrogen (secondary N) is 1. The number of hydrogen-bond acceptors (Lipinski definition) is 7. The third-order valence-corrected chi connectivity index (χ3v) is 3.05. The molecule has 144 valence electrons. The van der Waals surface area contributed by atoms with Gasteiger partial charge in [0.15, 0.2) is 5.78 Å². The monoisotopic (exact) mass is 349 g/mol. The van der Waals surface area contributed by atoms with Crippen LogP contribution in [0.25, 0.3) is 0 Å². The minimum Gasteiger partial charge on any atom is -0.378 e. The minimum atomic E-state index is 0.0196. The maximum atomic E-state index is 11.3. The smallest absolute Gasteiger partial charge is 0.160 e. The molecule has 7 heteroatoms. The van der Waals surface area contributed by atoms with E-state index >= 15 is 0 Å². The van der Waals surface area contributed by atoms with Crippen LogP contribution in [0.4, 0.5) is 0 Å². The van der Waals surface area contributed by atoms with Crippen LogP contribution in [0.1, 0.15) is 20.8 Å². The molecule has 0 unspecified atom stereocenters. The van der Waals surface area contributed by atoms with E-state index in [4.69, 9.17) is 23.7 Å². The van der Waals surface area contributed by atoms with Crippen molar-refractivity contribution in [1.29, 1.82) is 0 Å². The van der Waals surface area contributed by atoms with E-state index in [1.54, 1.807) is 0 Å². The molecule has 0 aliphatic heterocycles. The molecule has 0 aliphatic rings. The van der Waals surface area contributed by atoms with Gasteiger partial charge in [0.05, 0.1) is 59.5 Å². The van der Waals surface area contributed by atoms with Gasteiger partial charge in [0.25, 0.3) is 0 Å². The predicted octanol–water partition coefficient (Wildman–Crippen LogP) is 0.904. The second kappa shape index (κ2) is 18.8. The summed E-state index contributed by atoms with van der Waals surface area (Å²) < 4.78 is 26.7. The molecule has 0 spiro atoms. The van der Waals surface area contributed by atoms with E-state index in [9.17, 15) is 4.79 Å². The van der Waals surface area contributed by atoms with Gasteiger partial charge >= 0.3 is 0 Å². The molecule has 0 aromatic heterocycles. The minimum absolute atomic E-state index is 0.0196. The first kappa shape index (κ1) is 23.4. The van der Waals surface area contributed by atoms with Crippen LogP contribution < -0.4 is 5.32 Å². The van der Waals surface area contributed by atoms with Crippen molar-refractivity contribution in [3.05, 3.63) is 0 Å². The maximum Gasteiger partial charge on any atom is 0.160 e. The predicted molar refractivity (Wildman–Crippen MR) is 92.5 cm³/mol. The largest absolute Gasteiger partial charge is 0.378 e. The molecule has 0 rings (SSSR count). The SMILES string of the molecule is CCNCCOCCOCCOCCOCCOCC(=O)C(C)C. The molecule has 0 radical (unpaired) electrons. The van der Waals surface area contributed by atoms with Crippen LogP contribution in [0.2, 0.25) is 0 Å². The van der Waals surface area contributed by atoms with Crippen molar-refractivity contribution >= 4 is 5.78 Å². The highest BCUT2D eigenvalue weighted by Crippen LogP contribution is 1.94. The molecule has 0 fully saturated rings. The van der Waals surface area contributed by atoms with E-state index in [2.05, 4.69) is 12.2 Å². The molecule has 24 heavy (non-hydrogen) atoms. The number of rotatable bonds is 19. The number of Topliss-reactive ketones (excluding diaryl/α,β-unsaturated/α-hetero) is 1. The van der Waals surface area contributed by atoms with Crippen LogP contribution in [0.3, 0.4) is 0 Å². The number of ether oxygens (including phenoxy) is 5. The fraction of sp³-hybridized carbons (Fsp3) is 0.941. The lowest BCUT2D eigenvalue weighted by atomic mass is 10.1. The van der Waals surface area contributed by atoms with Gasteiger partial charge in [0.1, 0.15) is 6.61 Å². The molecule has 0 amide bonds. The van der Waals surface area contributed by atoms with E-state index < -0.39 is 0 Å². The van der Waals surface area contributed by atoms with Crippen molar-refractivity contribution in [3.8, 4) is 0 Å². The second-order valence-corrected chi connectivity index (χ2v) is 5.48. The standard InChI is InChI=1S/C17H35NO6/c1-4-18-5-6-20-7-8-21-9-10-22-11-12-23-13-14-24-15-17(19)16(2)3/h16,18H,4-15H2,1-3H3. The van der Waals surface area contributed by atoms with E-state index in [0.717, 1.165) is 13.1 Å². The molecular weight excluding hydrogens is 314 g/mol. The highest BCUT2D eigenvalue weighted by molar-refractivity contribution is 5.81. The molecule has 1 N–H and O–H groups in total. The van der Waals surface area contributed by atoms with Gasteiger partial charge in [0.2, 0.25) is 0 Å². The molecule has 0 aliphatic carbocycles. The summed E-state index contributed by atoms with van der Waals surface area (Å²) in [6.45, 7) is 12.7. The summed E-state index contributed by atoms with van der Waals surface area (Å²) in [4.78, 5) is 11.3. The first-order valence-corrected chi connectivity index (χ1v) is 8.80. The second-order valence-electron chi connectivity index (χ2n) is 5.48. The lowest BCUT2D eigenvalue weighted by Gasteiger charge is -2.08. The van der Waals surface area contributed by atoms with Crippen molar-refractivity contribution < 1.29 is 28.5 Å². The zero-order valence-corrected chi connectivity index (χ0v) is 15.5. The maximum absolute atomic E-state index is 11.3. The fourth-order valence-corrected chi connectivity index (χ4v) is 1.54. The summed E-state index contributed by atoms with van der Waals surface area (Å²) in [5.41, 5.74) is 0. The van der Waals surface area contributed by atoms with Crippen LogP contribution in [-0.2, 0) is 28.5 Å². The van der Waals surface area contributed by atoms with Crippen LogP contribution in [0.5, 0.6) is 0 Å². The Balaban J connectivity index is 3.04. The molecule has 0 atom stereocenters. The molecule has 0 bridgehead atoms. The Morgan fingerprint density at radius 2 is 1.17 bits per heavy atom. The fourth-order valence-electron chi connectivity index (χ4n) is 1.54. The van der Waals surface area contributed by atoms with Gasteiger partial charge in [-0.25, -0.2) is 0 Å². The summed E-state index contributed by atoms with van der Waals surface area (Å²) in [6, 6.07) is 0. The van der Waals surface area contributed by atoms with Crippen LogP contribution in [-0.4, -0.2) is 84.9 Å². The molecular formula is C17H35NO6. The van der Waals surface area contributed by atoms with Crippen molar-refractivity contribution in [2.45, 2.75) is 20.8 Å². The normalized spacial score (nSPS) is 11.3. The van der Waals surface area contributed by atoms with Crippen molar-refractivity contribution in [3.63, 3.8) is 0 Å². The number of carbonyl (C=O) groups excluding carboxylic acids is 1. The van der Waals surface area contributed by atoms with E-state index in [-0.39, 0.29) is 18.3 Å². The number of hydrogen-bond donors (Lipinski definition) is 1. The quantitative estimate of drug-likeness (QED) is 0.347. The summed E-state index contributed by atoms with van der Waals surface area (Å²) in [7, 11) is 0. The topological polar surface area (TPSA) is 75.2 Å². The third-order valence-electron chi connectivity index (χ3n) is 3.05. The van der Waals surface area contributed by atoms with Gasteiger partial charge in [-0.1, -0.05) is 20.8 Å². The van der Waals surface area contributed by atoms with Crippen LogP contribution >= 0.6 is 0 Å². The van der Waals surface area contributed by atoms with Crippen molar-refractivity contribution in [2.75, 3.05) is 79.2 Å². The first-order chi connectivity index (χ1) is 11.7. The summed E-state index contributed by atoms with van der Waals surface area (Å²) in [5.74, 6) is 0.132. The van der Waals surface area contributed by atoms with Gasteiger partial charge in [0, 0.05) is 12.5 Å². The molecule has 7 nitrogen and oxygen atoms in total. The van der Waals surface area contributed by atoms with Crippen molar-refractivity contribution in [2.24, 2.45) is 5.92 Å². The molecule has 0 aromatic carbocycles. The Bertz CT molecular complexity index is 276. The zero-order valence-electron chi connectivity index (χ0n) is 15.5. The van der Waals surface area contributed by atoms with E-state index in [0.29, 0.717) is 59.5 Å². The van der Waals surface area contributed by atoms with E-state index in [1.165, 1.54) is 0 Å². The summed E-state index contributed by atoms with van der Waals surface area (Å²) >= 11 is 0. The third kappa shape index (κ3) is 17.8. The average molecular weight is 349 g/mol. The summed E-state index contributed by atoms with van der Waals surface area (Å²) in [6.07, 6.45) is 0. The highest BCUT2D eigenvalue weighted by atomic mass is 16.6. The van der Waals surface area contributed by atoms with Crippen molar-refractivity contribution in [1.82, 2.24) is 5.32 Å². The highest BCUT2D eigenvalue weighted by Gasteiger charge is 2.06. The first-order valence-electron chi connectivity index (χ1n) is 8.80. The Morgan fingerprint density at radius 1 is 0.750 bits per heavy atom. The van der Waals surface area contributed by atoms with Crippen LogP contribution in [0, 0.1) is 5.92 Å². The molecule has 0 saturated heterocycles. The van der Waals surface area contributed by atoms with Gasteiger partial charge in [-0.3, -0.25) is 4.79 Å². The van der Waals surface area contributed by atoms with Gasteiger partial charge in [-0.05, 0) is 6.54 Å². The Kier molecular flexibility index (Phi) is 18.3. The number of likely N-dealkylation sites (N-methyl/N-ethyl adjacent to an activating group) is 1.